The van der Waals surface area contributed by atoms with Gasteiger partial charge in [-0.1, -0.05) is 0 Å². The number of hydrogen-bond acceptors (Lipinski definition) is 3. The quantitative estimate of drug-likeness (QED) is 0.920. The van der Waals surface area contributed by atoms with E-state index in [0.29, 0.717) is 0 Å². The molecule has 1 rings (SSSR count). The molecule has 0 atom stereocenters. The van der Waals surface area contributed by atoms with Crippen LogP contribution in [0, 0.1) is 5.82 Å². The summed E-state index contributed by atoms with van der Waals surface area (Å²) in [5, 5.41) is 2.25. The van der Waals surface area contributed by atoms with Gasteiger partial charge < -0.3 is 14.8 Å². The highest BCUT2D eigenvalue weighted by atomic mass is 19.3. The van der Waals surface area contributed by atoms with E-state index in [2.05, 4.69) is 5.32 Å². The minimum absolute atomic E-state index is 0.132. The average Bonchev–Trinajstić information content (AvgIpc) is 2.34. The van der Waals surface area contributed by atoms with E-state index < -0.39 is 36.0 Å². The maximum Gasteiger partial charge on any atom is 0.407 e. The zero-order chi connectivity index (χ0) is 16.2. The molecular formula is C14H18F3NO3. The highest BCUT2D eigenvalue weighted by Gasteiger charge is 2.23. The van der Waals surface area contributed by atoms with Crippen LogP contribution in [0.5, 0.6) is 5.75 Å². The number of alkyl halides is 2. The van der Waals surface area contributed by atoms with Crippen LogP contribution in [0.4, 0.5) is 18.0 Å². The molecule has 0 heterocycles. The molecule has 0 aliphatic rings. The summed E-state index contributed by atoms with van der Waals surface area (Å²) in [6.45, 7) is 4.55. The van der Waals surface area contributed by atoms with E-state index in [4.69, 9.17) is 9.47 Å². The number of carbonyl (C=O) groups excluding carboxylic acids is 1. The Hall–Kier alpha value is -1.92. The van der Waals surface area contributed by atoms with E-state index >= 15 is 0 Å². The molecule has 0 aromatic heterocycles. The van der Waals surface area contributed by atoms with E-state index in [-0.39, 0.29) is 11.3 Å². The van der Waals surface area contributed by atoms with Crippen molar-refractivity contribution in [1.82, 2.24) is 5.32 Å². The van der Waals surface area contributed by atoms with Gasteiger partial charge in [0.2, 0.25) is 0 Å². The molecule has 1 aromatic carbocycles. The van der Waals surface area contributed by atoms with Crippen molar-refractivity contribution < 1.29 is 27.4 Å². The number of alkyl carbamates (subject to hydrolysis) is 1. The van der Waals surface area contributed by atoms with Gasteiger partial charge >= 0.3 is 6.09 Å². The summed E-state index contributed by atoms with van der Waals surface area (Å²) < 4.78 is 49.6. The van der Waals surface area contributed by atoms with Crippen molar-refractivity contribution in [2.75, 3.05) is 7.11 Å². The van der Waals surface area contributed by atoms with Crippen LogP contribution in [0.3, 0.4) is 0 Å². The lowest BCUT2D eigenvalue weighted by Gasteiger charge is -2.20. The molecule has 0 aliphatic heterocycles. The largest absolute Gasteiger partial charge is 0.496 e. The first-order valence-corrected chi connectivity index (χ1v) is 6.26. The first kappa shape index (κ1) is 17.1. The second kappa shape index (κ2) is 6.69. The van der Waals surface area contributed by atoms with E-state index in [1.807, 2.05) is 0 Å². The van der Waals surface area contributed by atoms with E-state index in [9.17, 15) is 18.0 Å². The molecule has 0 saturated heterocycles. The summed E-state index contributed by atoms with van der Waals surface area (Å²) in [5.74, 6) is -0.977. The number of methoxy groups -OCH3 is 1. The zero-order valence-electron chi connectivity index (χ0n) is 12.3. The summed E-state index contributed by atoms with van der Waals surface area (Å²) in [4.78, 5) is 11.5. The second-order valence-electron chi connectivity index (χ2n) is 5.30. The van der Waals surface area contributed by atoms with Gasteiger partial charge in [-0.15, -0.1) is 0 Å². The lowest BCUT2D eigenvalue weighted by Crippen LogP contribution is -2.32. The summed E-state index contributed by atoms with van der Waals surface area (Å²) in [5.41, 5.74) is -1.63. The van der Waals surface area contributed by atoms with Gasteiger partial charge in [-0.05, 0) is 32.9 Å². The minimum Gasteiger partial charge on any atom is -0.496 e. The lowest BCUT2D eigenvalue weighted by atomic mass is 10.1. The van der Waals surface area contributed by atoms with Crippen molar-refractivity contribution in [2.45, 2.75) is 39.3 Å². The molecule has 4 nitrogen and oxygen atoms in total. The van der Waals surface area contributed by atoms with Crippen molar-refractivity contribution in [1.29, 1.82) is 0 Å². The van der Waals surface area contributed by atoms with Gasteiger partial charge in [0.25, 0.3) is 6.43 Å². The molecule has 1 amide bonds. The fourth-order valence-corrected chi connectivity index (χ4v) is 1.69. The Balaban J connectivity index is 2.95. The number of rotatable bonds is 4. The Morgan fingerprint density at radius 2 is 1.95 bits per heavy atom. The van der Waals surface area contributed by atoms with Crippen LogP contribution < -0.4 is 10.1 Å². The number of hydrogen-bond donors (Lipinski definition) is 1. The number of nitrogens with one attached hydrogen (secondary N) is 1. The van der Waals surface area contributed by atoms with Gasteiger partial charge in [-0.3, -0.25) is 0 Å². The first-order chi connectivity index (χ1) is 9.65. The number of ether oxygens (including phenoxy) is 2. The standard InChI is InChI=1S/C14H18F3NO3/c1-14(2,3)21-13(19)18-7-8-9(15)5-6-10(20-4)11(8)12(16)17/h5-6,12H,7H2,1-4H3,(H,18,19). The molecule has 0 radical (unpaired) electrons. The Morgan fingerprint density at radius 1 is 1.33 bits per heavy atom. The molecule has 0 bridgehead atoms. The average molecular weight is 305 g/mol. The van der Waals surface area contributed by atoms with Crippen molar-refractivity contribution in [3.8, 4) is 5.75 Å². The maximum absolute atomic E-state index is 13.7. The maximum atomic E-state index is 13.7. The molecule has 0 aliphatic carbocycles. The number of benzene rings is 1. The smallest absolute Gasteiger partial charge is 0.407 e. The molecule has 1 N–H and O–H groups in total. The van der Waals surface area contributed by atoms with Gasteiger partial charge in [-0.25, -0.2) is 18.0 Å². The summed E-state index contributed by atoms with van der Waals surface area (Å²) in [6, 6.07) is 2.13. The molecule has 21 heavy (non-hydrogen) atoms. The van der Waals surface area contributed by atoms with Crippen molar-refractivity contribution in [3.63, 3.8) is 0 Å². The fourth-order valence-electron chi connectivity index (χ4n) is 1.69. The van der Waals surface area contributed by atoms with Gasteiger partial charge in [0.05, 0.1) is 12.7 Å². The van der Waals surface area contributed by atoms with Gasteiger partial charge in [0.15, 0.2) is 0 Å². The normalized spacial score (nSPS) is 11.4. The Morgan fingerprint density at radius 3 is 2.43 bits per heavy atom. The molecule has 7 heteroatoms. The second-order valence-corrected chi connectivity index (χ2v) is 5.30. The first-order valence-electron chi connectivity index (χ1n) is 6.26. The van der Waals surface area contributed by atoms with Crippen LogP contribution in [0.2, 0.25) is 0 Å². The Labute approximate surface area is 121 Å². The lowest BCUT2D eigenvalue weighted by molar-refractivity contribution is 0.0521. The van der Waals surface area contributed by atoms with Crippen LogP contribution in [-0.4, -0.2) is 18.8 Å². The minimum atomic E-state index is -2.92. The van der Waals surface area contributed by atoms with E-state index in [1.165, 1.54) is 7.11 Å². The van der Waals surface area contributed by atoms with Crippen molar-refractivity contribution in [2.24, 2.45) is 0 Å². The zero-order valence-corrected chi connectivity index (χ0v) is 12.3. The van der Waals surface area contributed by atoms with Crippen LogP contribution in [0.25, 0.3) is 0 Å². The third-order valence-corrected chi connectivity index (χ3v) is 2.51. The number of carbonyl (C=O) groups is 1. The molecule has 0 saturated carbocycles. The third kappa shape index (κ3) is 4.84. The highest BCUT2D eigenvalue weighted by Crippen LogP contribution is 2.33. The summed E-state index contributed by atoms with van der Waals surface area (Å²) in [7, 11) is 1.21. The van der Waals surface area contributed by atoms with Crippen LogP contribution in [-0.2, 0) is 11.3 Å². The van der Waals surface area contributed by atoms with Gasteiger partial charge in [-0.2, -0.15) is 0 Å². The molecule has 118 valence electrons. The van der Waals surface area contributed by atoms with E-state index in [0.717, 1.165) is 12.1 Å². The highest BCUT2D eigenvalue weighted by molar-refractivity contribution is 5.67. The van der Waals surface area contributed by atoms with Crippen molar-refractivity contribution >= 4 is 6.09 Å². The number of amides is 1. The summed E-state index contributed by atoms with van der Waals surface area (Å²) in [6.07, 6.45) is -3.74. The van der Waals surface area contributed by atoms with Crippen molar-refractivity contribution in [3.05, 3.63) is 29.1 Å². The predicted octanol–water partition coefficient (Wildman–Crippen LogP) is 3.80. The third-order valence-electron chi connectivity index (χ3n) is 2.51. The molecule has 0 fully saturated rings. The topological polar surface area (TPSA) is 47.6 Å². The van der Waals surface area contributed by atoms with Gasteiger partial charge in [0, 0.05) is 12.1 Å². The van der Waals surface area contributed by atoms with Crippen LogP contribution in [0.1, 0.15) is 38.3 Å². The monoisotopic (exact) mass is 305 g/mol. The van der Waals surface area contributed by atoms with Crippen LogP contribution >= 0.6 is 0 Å². The fraction of sp³-hybridized carbons (Fsp3) is 0.500. The van der Waals surface area contributed by atoms with Gasteiger partial charge in [0.1, 0.15) is 17.2 Å². The Kier molecular flexibility index (Phi) is 5.46. The number of halogens is 3. The summed E-state index contributed by atoms with van der Waals surface area (Å²) >= 11 is 0. The van der Waals surface area contributed by atoms with Crippen LogP contribution in [0.15, 0.2) is 12.1 Å². The molecule has 1 aromatic rings. The molecule has 0 spiro atoms. The van der Waals surface area contributed by atoms with E-state index in [1.54, 1.807) is 20.8 Å². The predicted molar refractivity (Wildman–Crippen MR) is 71.0 cm³/mol. The molecule has 0 unspecified atom stereocenters. The SMILES string of the molecule is COc1ccc(F)c(CNC(=O)OC(C)(C)C)c1C(F)F. The molecular weight excluding hydrogens is 287 g/mol. The Bertz CT molecular complexity index is 513.